The first kappa shape index (κ1) is 13.4. The van der Waals surface area contributed by atoms with Crippen LogP contribution in [0.25, 0.3) is 0 Å². The summed E-state index contributed by atoms with van der Waals surface area (Å²) in [4.78, 5) is 2.29. The highest BCUT2D eigenvalue weighted by Gasteiger charge is 2.18. The molecule has 18 heavy (non-hydrogen) atoms. The number of anilines is 1. The zero-order valence-electron chi connectivity index (χ0n) is 10.6. The van der Waals surface area contributed by atoms with E-state index in [1.807, 2.05) is 18.2 Å². The Kier molecular flexibility index (Phi) is 4.62. The van der Waals surface area contributed by atoms with Gasteiger partial charge in [-0.15, -0.1) is 0 Å². The van der Waals surface area contributed by atoms with E-state index in [1.165, 1.54) is 12.8 Å². The van der Waals surface area contributed by atoms with Crippen molar-refractivity contribution in [2.24, 2.45) is 0 Å². The number of hydrogen-bond donors (Lipinski definition) is 1. The Morgan fingerprint density at radius 2 is 2.39 bits per heavy atom. The van der Waals surface area contributed by atoms with Crippen molar-refractivity contribution in [1.82, 2.24) is 5.32 Å². The highest BCUT2D eigenvalue weighted by molar-refractivity contribution is 9.10. The third-order valence-electron chi connectivity index (χ3n) is 3.40. The Balaban J connectivity index is 2.18. The smallest absolute Gasteiger partial charge is 0.101 e. The average Bonchev–Trinajstić information content (AvgIpc) is 2.89. The number of nitrogens with one attached hydrogen (secondary N) is 1. The van der Waals surface area contributed by atoms with Gasteiger partial charge < -0.3 is 10.2 Å². The van der Waals surface area contributed by atoms with E-state index < -0.39 is 0 Å². The summed E-state index contributed by atoms with van der Waals surface area (Å²) in [5, 5.41) is 12.7. The van der Waals surface area contributed by atoms with E-state index in [1.54, 1.807) is 0 Å². The molecule has 1 aromatic rings. The second-order valence-corrected chi connectivity index (χ2v) is 5.52. The van der Waals surface area contributed by atoms with Crippen LogP contribution in [0.15, 0.2) is 22.7 Å². The fourth-order valence-corrected chi connectivity index (χ4v) is 2.81. The molecule has 1 fully saturated rings. The summed E-state index contributed by atoms with van der Waals surface area (Å²) in [6, 6.07) is 8.76. The van der Waals surface area contributed by atoms with Gasteiger partial charge in [0.15, 0.2) is 0 Å². The molecule has 1 N–H and O–H groups in total. The molecule has 4 heteroatoms. The molecule has 0 radical (unpaired) electrons. The van der Waals surface area contributed by atoms with Crippen LogP contribution in [-0.2, 0) is 0 Å². The maximum absolute atomic E-state index is 9.24. The second kappa shape index (κ2) is 6.21. The molecule has 1 unspecified atom stereocenters. The first-order chi connectivity index (χ1) is 8.74. The van der Waals surface area contributed by atoms with Crippen molar-refractivity contribution in [1.29, 1.82) is 5.26 Å². The number of nitriles is 1. The summed E-state index contributed by atoms with van der Waals surface area (Å²) in [7, 11) is 0. The Hall–Kier alpha value is -1.05. The van der Waals surface area contributed by atoms with Gasteiger partial charge in [-0.3, -0.25) is 0 Å². The van der Waals surface area contributed by atoms with Crippen molar-refractivity contribution in [3.8, 4) is 6.07 Å². The minimum absolute atomic E-state index is 0.556. The molecule has 96 valence electrons. The highest BCUT2D eigenvalue weighted by Crippen LogP contribution is 2.24. The Labute approximate surface area is 117 Å². The van der Waals surface area contributed by atoms with Gasteiger partial charge in [0, 0.05) is 23.6 Å². The Morgan fingerprint density at radius 1 is 1.56 bits per heavy atom. The lowest BCUT2D eigenvalue weighted by Gasteiger charge is -2.27. The summed E-state index contributed by atoms with van der Waals surface area (Å²) < 4.78 is 0.956. The maximum Gasteiger partial charge on any atom is 0.101 e. The molecular formula is C14H18BrN3. The minimum atomic E-state index is 0.556. The summed E-state index contributed by atoms with van der Waals surface area (Å²) in [5.41, 5.74) is 1.78. The molecule has 0 aliphatic carbocycles. The highest BCUT2D eigenvalue weighted by atomic mass is 79.9. The first-order valence-corrected chi connectivity index (χ1v) is 7.22. The van der Waals surface area contributed by atoms with Crippen LogP contribution in [0.1, 0.15) is 25.3 Å². The third kappa shape index (κ3) is 3.04. The monoisotopic (exact) mass is 307 g/mol. The second-order valence-electron chi connectivity index (χ2n) is 4.61. The summed E-state index contributed by atoms with van der Waals surface area (Å²) in [6.45, 7) is 5.16. The molecule has 0 aromatic heterocycles. The van der Waals surface area contributed by atoms with Crippen molar-refractivity contribution in [3.05, 3.63) is 28.2 Å². The number of halogens is 1. The molecule has 0 bridgehead atoms. The Morgan fingerprint density at radius 3 is 3.00 bits per heavy atom. The molecule has 1 aliphatic heterocycles. The van der Waals surface area contributed by atoms with Crippen LogP contribution >= 0.6 is 15.9 Å². The minimum Gasteiger partial charge on any atom is -0.369 e. The molecule has 0 saturated carbocycles. The molecule has 1 aromatic carbocycles. The molecule has 1 saturated heterocycles. The lowest BCUT2D eigenvalue weighted by Crippen LogP contribution is -2.37. The molecule has 2 rings (SSSR count). The number of benzene rings is 1. The maximum atomic E-state index is 9.24. The quantitative estimate of drug-likeness (QED) is 0.929. The normalized spacial score (nSPS) is 18.6. The van der Waals surface area contributed by atoms with Gasteiger partial charge in [0.1, 0.15) is 6.07 Å². The van der Waals surface area contributed by atoms with Crippen LogP contribution in [0.5, 0.6) is 0 Å². The lowest BCUT2D eigenvalue weighted by molar-refractivity contribution is 0.586. The van der Waals surface area contributed by atoms with Gasteiger partial charge in [-0.25, -0.2) is 0 Å². The SMILES string of the molecule is CCN(CC1CCCN1)c1ccc(Br)cc1C#N. The van der Waals surface area contributed by atoms with Crippen molar-refractivity contribution in [2.45, 2.75) is 25.8 Å². The van der Waals surface area contributed by atoms with E-state index in [-0.39, 0.29) is 0 Å². The molecule has 0 spiro atoms. The van der Waals surface area contributed by atoms with E-state index in [0.29, 0.717) is 6.04 Å². The van der Waals surface area contributed by atoms with Crippen LogP contribution in [0.3, 0.4) is 0 Å². The topological polar surface area (TPSA) is 39.1 Å². The van der Waals surface area contributed by atoms with E-state index in [9.17, 15) is 5.26 Å². The van der Waals surface area contributed by atoms with Gasteiger partial charge in [0.2, 0.25) is 0 Å². The van der Waals surface area contributed by atoms with Gasteiger partial charge in [-0.05, 0) is 44.5 Å². The molecule has 1 heterocycles. The molecule has 1 aliphatic rings. The standard InChI is InChI=1S/C14H18BrN3/c1-2-18(10-13-4-3-7-17-13)14-6-5-12(15)8-11(14)9-16/h5-6,8,13,17H,2-4,7,10H2,1H3. The van der Waals surface area contributed by atoms with Crippen LogP contribution in [0.4, 0.5) is 5.69 Å². The molecule has 0 amide bonds. The van der Waals surface area contributed by atoms with Gasteiger partial charge in [0.25, 0.3) is 0 Å². The van der Waals surface area contributed by atoms with Crippen LogP contribution in [-0.4, -0.2) is 25.7 Å². The fraction of sp³-hybridized carbons (Fsp3) is 0.500. The summed E-state index contributed by atoms with van der Waals surface area (Å²) in [6.07, 6.45) is 2.49. The lowest BCUT2D eigenvalue weighted by atomic mass is 10.1. The van der Waals surface area contributed by atoms with E-state index in [0.717, 1.165) is 35.4 Å². The van der Waals surface area contributed by atoms with Crippen molar-refractivity contribution in [3.63, 3.8) is 0 Å². The van der Waals surface area contributed by atoms with Gasteiger partial charge in [-0.2, -0.15) is 5.26 Å². The van der Waals surface area contributed by atoms with Crippen molar-refractivity contribution < 1.29 is 0 Å². The van der Waals surface area contributed by atoms with E-state index in [4.69, 9.17) is 0 Å². The average molecular weight is 308 g/mol. The Bertz CT molecular complexity index is 447. The van der Waals surface area contributed by atoms with Crippen LogP contribution < -0.4 is 10.2 Å². The zero-order chi connectivity index (χ0) is 13.0. The van der Waals surface area contributed by atoms with Gasteiger partial charge in [0.05, 0.1) is 11.3 Å². The van der Waals surface area contributed by atoms with E-state index >= 15 is 0 Å². The van der Waals surface area contributed by atoms with Gasteiger partial charge >= 0.3 is 0 Å². The zero-order valence-corrected chi connectivity index (χ0v) is 12.2. The first-order valence-electron chi connectivity index (χ1n) is 6.42. The van der Waals surface area contributed by atoms with Crippen LogP contribution in [0, 0.1) is 11.3 Å². The van der Waals surface area contributed by atoms with E-state index in [2.05, 4.69) is 39.1 Å². The number of nitrogens with zero attached hydrogens (tertiary/aromatic N) is 2. The fourth-order valence-electron chi connectivity index (χ4n) is 2.45. The molecule has 3 nitrogen and oxygen atoms in total. The number of hydrogen-bond acceptors (Lipinski definition) is 3. The number of likely N-dealkylation sites (N-methyl/N-ethyl adjacent to an activating group) is 1. The summed E-state index contributed by atoms with van der Waals surface area (Å²) in [5.74, 6) is 0. The molecular weight excluding hydrogens is 290 g/mol. The largest absolute Gasteiger partial charge is 0.369 e. The van der Waals surface area contributed by atoms with Gasteiger partial charge in [-0.1, -0.05) is 15.9 Å². The third-order valence-corrected chi connectivity index (χ3v) is 3.90. The predicted molar refractivity (Wildman–Crippen MR) is 77.8 cm³/mol. The van der Waals surface area contributed by atoms with Crippen molar-refractivity contribution >= 4 is 21.6 Å². The summed E-state index contributed by atoms with van der Waals surface area (Å²) >= 11 is 3.41. The number of rotatable bonds is 4. The molecule has 1 atom stereocenters. The van der Waals surface area contributed by atoms with Crippen molar-refractivity contribution in [2.75, 3.05) is 24.5 Å². The predicted octanol–water partition coefficient (Wildman–Crippen LogP) is 2.90. The van der Waals surface area contributed by atoms with Crippen LogP contribution in [0.2, 0.25) is 0 Å².